The zero-order chi connectivity index (χ0) is 15.7. The molecule has 0 aliphatic rings. The summed E-state index contributed by atoms with van der Waals surface area (Å²) in [6.07, 6.45) is 4.40. The summed E-state index contributed by atoms with van der Waals surface area (Å²) >= 11 is 3.71. The first kappa shape index (κ1) is 17.8. The van der Waals surface area contributed by atoms with Crippen molar-refractivity contribution in [2.24, 2.45) is 5.92 Å². The Balaban J connectivity index is 2.36. The number of thiol groups is 1. The van der Waals surface area contributed by atoms with E-state index >= 15 is 0 Å². The Morgan fingerprint density at radius 2 is 1.81 bits per heavy atom. The van der Waals surface area contributed by atoms with Crippen molar-refractivity contribution in [3.63, 3.8) is 0 Å². The lowest BCUT2D eigenvalue weighted by atomic mass is 10.0. The zero-order valence-corrected chi connectivity index (χ0v) is 13.8. The van der Waals surface area contributed by atoms with Gasteiger partial charge in [-0.3, -0.25) is 9.59 Å². The van der Waals surface area contributed by atoms with Gasteiger partial charge in [-0.1, -0.05) is 44.5 Å². The number of unbranched alkanes of at least 4 members (excludes halogenated alkanes) is 1. The lowest BCUT2D eigenvalue weighted by molar-refractivity contribution is -0.125. The molecule has 0 bridgehead atoms. The lowest BCUT2D eigenvalue weighted by Crippen LogP contribution is -2.28. The zero-order valence-electron chi connectivity index (χ0n) is 12.9. The van der Waals surface area contributed by atoms with E-state index in [4.69, 9.17) is 0 Å². The summed E-state index contributed by atoms with van der Waals surface area (Å²) in [4.78, 5) is 22.7. The van der Waals surface area contributed by atoms with Gasteiger partial charge in [0.15, 0.2) is 5.12 Å². The van der Waals surface area contributed by atoms with Crippen molar-refractivity contribution in [3.8, 4) is 0 Å². The summed E-state index contributed by atoms with van der Waals surface area (Å²) in [7, 11) is 0. The van der Waals surface area contributed by atoms with Crippen LogP contribution in [0.2, 0.25) is 0 Å². The number of hydrogen-bond donors (Lipinski definition) is 2. The lowest BCUT2D eigenvalue weighted by Gasteiger charge is -2.11. The molecule has 21 heavy (non-hydrogen) atoms. The van der Waals surface area contributed by atoms with E-state index in [0.717, 1.165) is 12.0 Å². The highest BCUT2D eigenvalue weighted by Crippen LogP contribution is 2.10. The molecular weight excluding hydrogens is 282 g/mol. The van der Waals surface area contributed by atoms with Crippen LogP contribution in [0.4, 0.5) is 0 Å². The second-order valence-electron chi connectivity index (χ2n) is 5.47. The van der Waals surface area contributed by atoms with Crippen LogP contribution in [0.5, 0.6) is 0 Å². The molecule has 116 valence electrons. The summed E-state index contributed by atoms with van der Waals surface area (Å²) in [5, 5.41) is 2.74. The Labute approximate surface area is 132 Å². The van der Waals surface area contributed by atoms with Gasteiger partial charge in [0.05, 0.1) is 0 Å². The van der Waals surface area contributed by atoms with Crippen molar-refractivity contribution in [1.82, 2.24) is 5.32 Å². The summed E-state index contributed by atoms with van der Waals surface area (Å²) in [6.45, 7) is 4.55. The standard InChI is InChI=1S/C17H25NO2S/c1-3-4-5-14-7-9-15(10-8-14)12-18-17(20)13(2)6-11-16(19)21/h7-10,13H,3-6,11-12H2,1-2H3,(H,18,20)(H,19,21)/t13-/m0/s1. The van der Waals surface area contributed by atoms with Crippen molar-refractivity contribution in [2.75, 3.05) is 0 Å². The van der Waals surface area contributed by atoms with E-state index in [0.29, 0.717) is 19.4 Å². The summed E-state index contributed by atoms with van der Waals surface area (Å²) < 4.78 is 0. The van der Waals surface area contributed by atoms with Crippen molar-refractivity contribution in [2.45, 2.75) is 52.5 Å². The number of benzene rings is 1. The van der Waals surface area contributed by atoms with E-state index < -0.39 is 0 Å². The van der Waals surface area contributed by atoms with Crippen LogP contribution in [0, 0.1) is 5.92 Å². The van der Waals surface area contributed by atoms with Crippen molar-refractivity contribution in [3.05, 3.63) is 35.4 Å². The average Bonchev–Trinajstić information content (AvgIpc) is 2.49. The highest BCUT2D eigenvalue weighted by Gasteiger charge is 2.13. The number of hydrogen-bond acceptors (Lipinski definition) is 2. The smallest absolute Gasteiger partial charge is 0.223 e. The Kier molecular flexibility index (Phi) is 8.13. The van der Waals surface area contributed by atoms with Gasteiger partial charge in [0.1, 0.15) is 0 Å². The summed E-state index contributed by atoms with van der Waals surface area (Å²) in [5.41, 5.74) is 2.44. The number of carbonyl (C=O) groups is 2. The second kappa shape index (κ2) is 9.61. The van der Waals surface area contributed by atoms with Crippen molar-refractivity contribution < 1.29 is 9.59 Å². The molecule has 0 aliphatic carbocycles. The van der Waals surface area contributed by atoms with Crippen molar-refractivity contribution in [1.29, 1.82) is 0 Å². The van der Waals surface area contributed by atoms with Gasteiger partial charge in [-0.15, -0.1) is 12.6 Å². The fourth-order valence-corrected chi connectivity index (χ4v) is 2.17. The van der Waals surface area contributed by atoms with Crippen LogP contribution in [-0.4, -0.2) is 11.0 Å². The fraction of sp³-hybridized carbons (Fsp3) is 0.529. The van der Waals surface area contributed by atoms with Crippen LogP contribution >= 0.6 is 12.6 Å². The molecule has 0 unspecified atom stereocenters. The van der Waals surface area contributed by atoms with E-state index in [9.17, 15) is 9.59 Å². The van der Waals surface area contributed by atoms with E-state index in [2.05, 4.69) is 49.1 Å². The number of aryl methyl sites for hydroxylation is 1. The molecule has 1 aromatic carbocycles. The van der Waals surface area contributed by atoms with Crippen LogP contribution in [-0.2, 0) is 22.6 Å². The van der Waals surface area contributed by atoms with E-state index in [1.54, 1.807) is 0 Å². The third-order valence-corrected chi connectivity index (χ3v) is 3.77. The minimum absolute atomic E-state index is 0.0142. The molecule has 0 saturated carbocycles. The highest BCUT2D eigenvalue weighted by molar-refractivity contribution is 7.96. The molecule has 0 heterocycles. The predicted molar refractivity (Wildman–Crippen MR) is 89.3 cm³/mol. The Morgan fingerprint density at radius 1 is 1.19 bits per heavy atom. The average molecular weight is 307 g/mol. The maximum atomic E-state index is 11.9. The molecule has 3 nitrogen and oxygen atoms in total. The Bertz CT molecular complexity index is 456. The molecule has 0 fully saturated rings. The molecule has 0 saturated heterocycles. The third kappa shape index (κ3) is 7.32. The summed E-state index contributed by atoms with van der Waals surface area (Å²) in [6, 6.07) is 8.38. The number of carbonyl (C=O) groups excluding carboxylic acids is 2. The predicted octanol–water partition coefficient (Wildman–Crippen LogP) is 3.52. The molecule has 1 rings (SSSR count). The number of amides is 1. The molecule has 1 atom stereocenters. The van der Waals surface area contributed by atoms with Gasteiger partial charge < -0.3 is 5.32 Å². The van der Waals surface area contributed by atoms with Gasteiger partial charge in [-0.05, 0) is 30.4 Å². The molecular formula is C17H25NO2S. The normalized spacial score (nSPS) is 12.0. The Hall–Kier alpha value is -1.29. The van der Waals surface area contributed by atoms with Gasteiger partial charge in [-0.25, -0.2) is 0 Å². The van der Waals surface area contributed by atoms with E-state index in [1.165, 1.54) is 18.4 Å². The summed E-state index contributed by atoms with van der Waals surface area (Å²) in [5.74, 6) is -0.176. The van der Waals surface area contributed by atoms with E-state index in [1.807, 2.05) is 6.92 Å². The van der Waals surface area contributed by atoms with Crippen molar-refractivity contribution >= 4 is 23.7 Å². The van der Waals surface area contributed by atoms with Crippen LogP contribution in [0.25, 0.3) is 0 Å². The highest BCUT2D eigenvalue weighted by atomic mass is 32.1. The van der Waals surface area contributed by atoms with Gasteiger partial charge in [0.25, 0.3) is 0 Å². The number of rotatable bonds is 9. The quantitative estimate of drug-likeness (QED) is 0.686. The van der Waals surface area contributed by atoms with Crippen LogP contribution in [0.1, 0.15) is 50.7 Å². The molecule has 0 aromatic heterocycles. The maximum absolute atomic E-state index is 11.9. The van der Waals surface area contributed by atoms with Crippen LogP contribution < -0.4 is 5.32 Å². The topological polar surface area (TPSA) is 46.2 Å². The molecule has 1 amide bonds. The minimum Gasteiger partial charge on any atom is -0.352 e. The molecule has 0 radical (unpaired) electrons. The van der Waals surface area contributed by atoms with Gasteiger partial charge in [0.2, 0.25) is 5.91 Å². The third-order valence-electron chi connectivity index (χ3n) is 3.55. The first-order valence-corrected chi connectivity index (χ1v) is 8.05. The minimum atomic E-state index is -0.169. The molecule has 1 N–H and O–H groups in total. The van der Waals surface area contributed by atoms with E-state index in [-0.39, 0.29) is 16.9 Å². The van der Waals surface area contributed by atoms with Gasteiger partial charge in [-0.2, -0.15) is 0 Å². The molecule has 0 aliphatic heterocycles. The van der Waals surface area contributed by atoms with Gasteiger partial charge >= 0.3 is 0 Å². The first-order valence-electron chi connectivity index (χ1n) is 7.60. The van der Waals surface area contributed by atoms with Crippen LogP contribution in [0.15, 0.2) is 24.3 Å². The largest absolute Gasteiger partial charge is 0.352 e. The van der Waals surface area contributed by atoms with Crippen LogP contribution in [0.3, 0.4) is 0 Å². The number of nitrogens with one attached hydrogen (secondary N) is 1. The molecule has 1 aromatic rings. The maximum Gasteiger partial charge on any atom is 0.223 e. The fourth-order valence-electron chi connectivity index (χ4n) is 2.04. The Morgan fingerprint density at radius 3 is 2.38 bits per heavy atom. The monoisotopic (exact) mass is 307 g/mol. The first-order chi connectivity index (χ1) is 10.0. The SMILES string of the molecule is CCCCc1ccc(CNC(=O)[C@@H](C)CCC(=O)S)cc1. The second-order valence-corrected chi connectivity index (χ2v) is 5.97. The van der Waals surface area contributed by atoms with Gasteiger partial charge in [0, 0.05) is 18.9 Å². The molecule has 4 heteroatoms. The molecule has 0 spiro atoms.